The lowest BCUT2D eigenvalue weighted by atomic mass is 10.3. The standard InChI is InChI=1S/C25H23NOSi/c1-20-19-26(27)21(2)18-25(20)28(22-12-6-3-7-13-22,23-14-8-4-9-15-23)24-16-10-5-11-17-24/h3-19H,1-2H3. The minimum atomic E-state index is -2.55. The van der Waals surface area contributed by atoms with Gasteiger partial charge in [-0.2, -0.15) is 4.73 Å². The van der Waals surface area contributed by atoms with Crippen LogP contribution < -0.4 is 25.5 Å². The number of aryl methyl sites for hydroxylation is 2. The fraction of sp³-hybridized carbons (Fsp3) is 0.0800. The summed E-state index contributed by atoms with van der Waals surface area (Å²) in [6.07, 6.45) is 1.72. The largest absolute Gasteiger partial charge is 0.619 e. The van der Waals surface area contributed by atoms with Crippen molar-refractivity contribution in [2.24, 2.45) is 0 Å². The van der Waals surface area contributed by atoms with Gasteiger partial charge in [-0.05, 0) is 27.7 Å². The molecule has 4 rings (SSSR count). The van der Waals surface area contributed by atoms with Crippen LogP contribution in [0.3, 0.4) is 0 Å². The maximum absolute atomic E-state index is 12.3. The Bertz CT molecular complexity index is 983. The molecule has 2 nitrogen and oxygen atoms in total. The van der Waals surface area contributed by atoms with Crippen LogP contribution in [0.15, 0.2) is 103 Å². The lowest BCUT2D eigenvalue weighted by molar-refractivity contribution is -0.612. The van der Waals surface area contributed by atoms with Crippen molar-refractivity contribution in [1.29, 1.82) is 0 Å². The molecule has 0 spiro atoms. The molecule has 0 saturated heterocycles. The van der Waals surface area contributed by atoms with Crippen molar-refractivity contribution in [3.63, 3.8) is 0 Å². The molecule has 0 amide bonds. The van der Waals surface area contributed by atoms with Crippen molar-refractivity contribution in [2.45, 2.75) is 13.8 Å². The fourth-order valence-electron chi connectivity index (χ4n) is 4.17. The Hall–Kier alpha value is -3.17. The molecule has 1 aromatic heterocycles. The van der Waals surface area contributed by atoms with Gasteiger partial charge < -0.3 is 5.21 Å². The Morgan fingerprint density at radius 2 is 1.04 bits per heavy atom. The Morgan fingerprint density at radius 3 is 1.43 bits per heavy atom. The summed E-state index contributed by atoms with van der Waals surface area (Å²) >= 11 is 0. The Kier molecular flexibility index (Phi) is 4.84. The van der Waals surface area contributed by atoms with E-state index in [9.17, 15) is 5.21 Å². The predicted molar refractivity (Wildman–Crippen MR) is 118 cm³/mol. The molecular weight excluding hydrogens is 358 g/mol. The van der Waals surface area contributed by atoms with E-state index in [1.54, 1.807) is 6.20 Å². The van der Waals surface area contributed by atoms with Gasteiger partial charge in [0.15, 0.2) is 20.0 Å². The van der Waals surface area contributed by atoms with Gasteiger partial charge >= 0.3 is 0 Å². The van der Waals surface area contributed by atoms with Crippen molar-refractivity contribution in [3.8, 4) is 0 Å². The number of nitrogens with zero attached hydrogens (tertiary/aromatic N) is 1. The van der Waals surface area contributed by atoms with Crippen LogP contribution in [0.2, 0.25) is 0 Å². The zero-order valence-corrected chi connectivity index (χ0v) is 17.2. The van der Waals surface area contributed by atoms with E-state index in [4.69, 9.17) is 0 Å². The highest BCUT2D eigenvalue weighted by molar-refractivity contribution is 7.20. The van der Waals surface area contributed by atoms with E-state index in [0.717, 1.165) is 16.0 Å². The third-order valence-corrected chi connectivity index (χ3v) is 10.4. The Balaban J connectivity index is 2.19. The van der Waals surface area contributed by atoms with E-state index in [1.165, 1.54) is 20.7 Å². The molecule has 28 heavy (non-hydrogen) atoms. The molecule has 0 aliphatic carbocycles. The predicted octanol–water partition coefficient (Wildman–Crippen LogP) is 2.31. The maximum Gasteiger partial charge on any atom is 0.189 e. The van der Waals surface area contributed by atoms with E-state index < -0.39 is 8.07 Å². The van der Waals surface area contributed by atoms with E-state index in [-0.39, 0.29) is 0 Å². The summed E-state index contributed by atoms with van der Waals surface area (Å²) in [6.45, 7) is 3.94. The molecule has 0 aliphatic rings. The quantitative estimate of drug-likeness (QED) is 0.231. The van der Waals surface area contributed by atoms with Gasteiger partial charge in [-0.25, -0.2) is 0 Å². The highest BCUT2D eigenvalue weighted by atomic mass is 28.3. The van der Waals surface area contributed by atoms with Gasteiger partial charge in [-0.15, -0.1) is 0 Å². The molecule has 0 aliphatic heterocycles. The van der Waals surface area contributed by atoms with Crippen LogP contribution in [-0.2, 0) is 0 Å². The molecule has 0 radical (unpaired) electrons. The first-order valence-corrected chi connectivity index (χ1v) is 11.5. The maximum atomic E-state index is 12.3. The SMILES string of the molecule is Cc1c[n+]([O-])c(C)cc1[Si](c1ccccc1)(c1ccccc1)c1ccccc1. The van der Waals surface area contributed by atoms with Gasteiger partial charge in [0.05, 0.1) is 0 Å². The van der Waals surface area contributed by atoms with E-state index in [1.807, 2.05) is 6.92 Å². The second-order valence-corrected chi connectivity index (χ2v) is 11.0. The molecule has 4 aromatic rings. The topological polar surface area (TPSA) is 26.9 Å². The fourth-order valence-corrected chi connectivity index (χ4v) is 9.26. The molecule has 0 saturated carbocycles. The van der Waals surface area contributed by atoms with Gasteiger partial charge in [0.2, 0.25) is 0 Å². The summed E-state index contributed by atoms with van der Waals surface area (Å²) in [5.41, 5.74) is 1.75. The normalized spacial score (nSPS) is 11.4. The van der Waals surface area contributed by atoms with E-state index in [2.05, 4.69) is 104 Å². The van der Waals surface area contributed by atoms with Crippen LogP contribution in [-0.4, -0.2) is 8.07 Å². The summed E-state index contributed by atoms with van der Waals surface area (Å²) in [5, 5.41) is 17.5. The van der Waals surface area contributed by atoms with Gasteiger partial charge in [-0.3, -0.25) is 0 Å². The van der Waals surface area contributed by atoms with Gasteiger partial charge in [0, 0.05) is 18.6 Å². The van der Waals surface area contributed by atoms with Gasteiger partial charge in [0.25, 0.3) is 0 Å². The molecule has 0 N–H and O–H groups in total. The van der Waals surface area contributed by atoms with Crippen LogP contribution >= 0.6 is 0 Å². The number of pyridine rings is 1. The molecule has 1 heterocycles. The zero-order chi connectivity index (χ0) is 19.6. The Labute approximate surface area is 167 Å². The first-order valence-electron chi connectivity index (χ1n) is 9.51. The molecule has 3 aromatic carbocycles. The monoisotopic (exact) mass is 381 g/mol. The third-order valence-electron chi connectivity index (χ3n) is 5.46. The number of hydrogen-bond donors (Lipinski definition) is 0. The molecule has 3 heteroatoms. The van der Waals surface area contributed by atoms with Crippen molar-refractivity contribution < 1.29 is 4.73 Å². The average Bonchev–Trinajstić information content (AvgIpc) is 2.75. The zero-order valence-electron chi connectivity index (χ0n) is 16.2. The Morgan fingerprint density at radius 1 is 0.643 bits per heavy atom. The summed E-state index contributed by atoms with van der Waals surface area (Å²) in [5.74, 6) is 0. The summed E-state index contributed by atoms with van der Waals surface area (Å²) < 4.78 is 0.971. The van der Waals surface area contributed by atoms with Crippen molar-refractivity contribution >= 4 is 28.8 Å². The molecule has 0 unspecified atom stereocenters. The highest BCUT2D eigenvalue weighted by Gasteiger charge is 2.43. The molecular formula is C25H23NOSi. The van der Waals surface area contributed by atoms with Crippen LogP contribution in [0.5, 0.6) is 0 Å². The van der Waals surface area contributed by atoms with Crippen molar-refractivity contribution in [1.82, 2.24) is 0 Å². The van der Waals surface area contributed by atoms with E-state index in [0.29, 0.717) is 0 Å². The van der Waals surface area contributed by atoms with Crippen molar-refractivity contribution in [2.75, 3.05) is 0 Å². The van der Waals surface area contributed by atoms with Gasteiger partial charge in [0.1, 0.15) is 0 Å². The lowest BCUT2D eigenvalue weighted by Crippen LogP contribution is -2.75. The van der Waals surface area contributed by atoms with Crippen LogP contribution in [0.25, 0.3) is 0 Å². The highest BCUT2D eigenvalue weighted by Crippen LogP contribution is 2.11. The number of hydrogen-bond acceptors (Lipinski definition) is 1. The average molecular weight is 382 g/mol. The number of aromatic nitrogens is 1. The van der Waals surface area contributed by atoms with Crippen molar-refractivity contribution in [3.05, 3.63) is 120 Å². The van der Waals surface area contributed by atoms with Crippen LogP contribution in [0.1, 0.15) is 11.3 Å². The summed E-state index contributed by atoms with van der Waals surface area (Å²) in [4.78, 5) is 0. The first-order chi connectivity index (χ1) is 13.6. The first kappa shape index (κ1) is 18.2. The smallest absolute Gasteiger partial charge is 0.189 e. The minimum absolute atomic E-state index is 0.722. The van der Waals surface area contributed by atoms with Gasteiger partial charge in [-0.1, -0.05) is 91.0 Å². The van der Waals surface area contributed by atoms with E-state index >= 15 is 0 Å². The molecule has 0 atom stereocenters. The van der Waals surface area contributed by atoms with Crippen LogP contribution in [0.4, 0.5) is 0 Å². The summed E-state index contributed by atoms with van der Waals surface area (Å²) in [6, 6.07) is 34.4. The third kappa shape index (κ3) is 2.94. The number of benzene rings is 3. The number of rotatable bonds is 4. The molecule has 0 bridgehead atoms. The second kappa shape index (κ2) is 7.45. The molecule has 138 valence electrons. The lowest BCUT2D eigenvalue weighted by Gasteiger charge is -2.35. The van der Waals surface area contributed by atoms with Crippen LogP contribution in [0, 0.1) is 19.1 Å². The second-order valence-electron chi connectivity index (χ2n) is 7.19. The molecule has 0 fully saturated rings. The summed E-state index contributed by atoms with van der Waals surface area (Å²) in [7, 11) is -2.55. The minimum Gasteiger partial charge on any atom is -0.619 e.